The Bertz CT molecular complexity index is 654. The summed E-state index contributed by atoms with van der Waals surface area (Å²) in [5, 5.41) is 7.48. The van der Waals surface area contributed by atoms with Crippen LogP contribution in [-0.4, -0.2) is 27.7 Å². The molecule has 0 spiro atoms. The number of carbonyl (C=O) groups is 1. The van der Waals surface area contributed by atoms with Crippen molar-refractivity contribution in [2.24, 2.45) is 0 Å². The summed E-state index contributed by atoms with van der Waals surface area (Å²) >= 11 is 0. The van der Waals surface area contributed by atoms with Gasteiger partial charge in [-0.1, -0.05) is 22.4 Å². The van der Waals surface area contributed by atoms with Gasteiger partial charge in [0.2, 0.25) is 5.91 Å². The van der Waals surface area contributed by atoms with Gasteiger partial charge in [0.15, 0.2) is 0 Å². The molecule has 1 atom stereocenters. The van der Waals surface area contributed by atoms with E-state index in [1.54, 1.807) is 19.1 Å². The molecule has 116 valence electrons. The highest BCUT2D eigenvalue weighted by Crippen LogP contribution is 2.31. The van der Waals surface area contributed by atoms with Gasteiger partial charge in [0.05, 0.1) is 12.5 Å². The monoisotopic (exact) mass is 303 g/mol. The molecule has 1 aliphatic heterocycles. The number of rotatable bonds is 3. The number of amides is 1. The van der Waals surface area contributed by atoms with Crippen LogP contribution in [0, 0.1) is 12.7 Å². The zero-order valence-corrected chi connectivity index (χ0v) is 12.5. The van der Waals surface area contributed by atoms with Crippen LogP contribution < -0.4 is 0 Å². The Hall–Kier alpha value is -2.24. The van der Waals surface area contributed by atoms with Crippen molar-refractivity contribution in [2.45, 2.75) is 38.6 Å². The second-order valence-electron chi connectivity index (χ2n) is 5.62. The molecular weight excluding hydrogens is 285 g/mol. The molecule has 6 heteroatoms. The lowest BCUT2D eigenvalue weighted by atomic mass is 9.94. The van der Waals surface area contributed by atoms with Crippen molar-refractivity contribution in [3.63, 3.8) is 0 Å². The highest BCUT2D eigenvalue weighted by atomic mass is 19.1. The Kier molecular flexibility index (Phi) is 4.18. The molecule has 0 bridgehead atoms. The van der Waals surface area contributed by atoms with E-state index in [1.807, 2.05) is 4.90 Å². The maximum Gasteiger partial charge on any atom is 0.229 e. The highest BCUT2D eigenvalue weighted by Gasteiger charge is 2.28. The summed E-state index contributed by atoms with van der Waals surface area (Å²) < 4.78 is 17.7. The lowest BCUT2D eigenvalue weighted by Gasteiger charge is -2.36. The number of hydrogen-bond acceptors (Lipinski definition) is 4. The summed E-state index contributed by atoms with van der Waals surface area (Å²) in [6.45, 7) is 2.48. The number of hydrogen-bond donors (Lipinski definition) is 0. The average molecular weight is 303 g/mol. The molecule has 0 radical (unpaired) electrons. The Morgan fingerprint density at radius 1 is 1.32 bits per heavy atom. The van der Waals surface area contributed by atoms with Crippen molar-refractivity contribution >= 4 is 5.91 Å². The van der Waals surface area contributed by atoms with Crippen LogP contribution in [-0.2, 0) is 11.2 Å². The fourth-order valence-electron chi connectivity index (χ4n) is 2.92. The van der Waals surface area contributed by atoms with Crippen molar-refractivity contribution in [2.75, 3.05) is 6.54 Å². The number of aryl methyl sites for hydroxylation is 1. The normalized spacial score (nSPS) is 18.5. The largest absolute Gasteiger partial charge is 0.335 e. The van der Waals surface area contributed by atoms with Gasteiger partial charge in [-0.3, -0.25) is 4.79 Å². The minimum atomic E-state index is -0.262. The van der Waals surface area contributed by atoms with Gasteiger partial charge >= 0.3 is 0 Å². The molecule has 0 saturated carbocycles. The molecule has 2 heterocycles. The second kappa shape index (κ2) is 6.25. The number of aromatic nitrogens is 2. The van der Waals surface area contributed by atoms with Gasteiger partial charge < -0.3 is 4.90 Å². The molecule has 0 aliphatic carbocycles. The average Bonchev–Trinajstić information content (AvgIpc) is 2.93. The maximum atomic E-state index is 13.1. The molecule has 5 nitrogen and oxygen atoms in total. The Balaban J connectivity index is 1.78. The minimum Gasteiger partial charge on any atom is -0.335 e. The van der Waals surface area contributed by atoms with E-state index in [4.69, 9.17) is 0 Å². The molecule has 1 amide bonds. The Labute approximate surface area is 128 Å². The number of carbonyl (C=O) groups excluding carboxylic acids is 1. The van der Waals surface area contributed by atoms with Crippen LogP contribution >= 0.6 is 0 Å². The third-order valence-electron chi connectivity index (χ3n) is 4.14. The molecule has 3 rings (SSSR count). The third-order valence-corrected chi connectivity index (χ3v) is 4.14. The molecule has 1 aliphatic rings. The molecule has 0 unspecified atom stereocenters. The van der Waals surface area contributed by atoms with Crippen LogP contribution in [0.1, 0.15) is 42.3 Å². The first-order valence-electron chi connectivity index (χ1n) is 7.48. The highest BCUT2D eigenvalue weighted by molar-refractivity contribution is 5.79. The van der Waals surface area contributed by atoms with Crippen LogP contribution in [0.2, 0.25) is 0 Å². The first-order valence-corrected chi connectivity index (χ1v) is 7.48. The molecular formula is C16H18FN3O2. The van der Waals surface area contributed by atoms with Gasteiger partial charge in [-0.25, -0.2) is 9.02 Å². The summed E-state index contributed by atoms with van der Waals surface area (Å²) in [5.41, 5.74) is 2.20. The van der Waals surface area contributed by atoms with E-state index >= 15 is 0 Å². The molecule has 1 aromatic heterocycles. The van der Waals surface area contributed by atoms with E-state index in [0.717, 1.165) is 24.8 Å². The lowest BCUT2D eigenvalue weighted by molar-refractivity contribution is -0.134. The van der Waals surface area contributed by atoms with Crippen molar-refractivity contribution in [3.05, 3.63) is 47.0 Å². The molecule has 0 N–H and O–H groups in total. The van der Waals surface area contributed by atoms with Crippen LogP contribution in [0.15, 0.2) is 28.9 Å². The number of benzene rings is 1. The van der Waals surface area contributed by atoms with Crippen LogP contribution in [0.25, 0.3) is 0 Å². The van der Waals surface area contributed by atoms with Gasteiger partial charge in [-0.15, -0.1) is 0 Å². The Morgan fingerprint density at radius 2 is 2.09 bits per heavy atom. The quantitative estimate of drug-likeness (QED) is 0.875. The predicted octanol–water partition coefficient (Wildman–Crippen LogP) is 2.81. The summed E-state index contributed by atoms with van der Waals surface area (Å²) in [6, 6.07) is 6.40. The van der Waals surface area contributed by atoms with Crippen molar-refractivity contribution < 1.29 is 13.8 Å². The lowest BCUT2D eigenvalue weighted by Crippen LogP contribution is -2.39. The number of nitrogens with zero attached hydrogens (tertiary/aromatic N) is 3. The van der Waals surface area contributed by atoms with Gasteiger partial charge in [0, 0.05) is 6.54 Å². The van der Waals surface area contributed by atoms with E-state index in [0.29, 0.717) is 17.9 Å². The number of piperidine rings is 1. The fraction of sp³-hybridized carbons (Fsp3) is 0.438. The zero-order chi connectivity index (χ0) is 15.5. The van der Waals surface area contributed by atoms with Crippen molar-refractivity contribution in [1.29, 1.82) is 0 Å². The van der Waals surface area contributed by atoms with E-state index in [9.17, 15) is 9.18 Å². The first-order chi connectivity index (χ1) is 10.6. The smallest absolute Gasteiger partial charge is 0.229 e. The van der Waals surface area contributed by atoms with E-state index in [1.165, 1.54) is 12.1 Å². The van der Waals surface area contributed by atoms with Crippen LogP contribution in [0.5, 0.6) is 0 Å². The van der Waals surface area contributed by atoms with E-state index in [2.05, 4.69) is 14.9 Å². The third kappa shape index (κ3) is 3.00. The van der Waals surface area contributed by atoms with Crippen molar-refractivity contribution in [3.8, 4) is 0 Å². The summed E-state index contributed by atoms with van der Waals surface area (Å²) in [7, 11) is 0. The van der Waals surface area contributed by atoms with E-state index in [-0.39, 0.29) is 24.2 Å². The van der Waals surface area contributed by atoms with Gasteiger partial charge in [-0.2, -0.15) is 0 Å². The zero-order valence-electron chi connectivity index (χ0n) is 12.5. The molecule has 1 fully saturated rings. The fourth-order valence-corrected chi connectivity index (χ4v) is 2.92. The first kappa shape index (κ1) is 14.7. The van der Waals surface area contributed by atoms with E-state index < -0.39 is 0 Å². The van der Waals surface area contributed by atoms with Gasteiger partial charge in [0.25, 0.3) is 0 Å². The topological polar surface area (TPSA) is 59.2 Å². The summed E-state index contributed by atoms with van der Waals surface area (Å²) in [4.78, 5) is 14.5. The summed E-state index contributed by atoms with van der Waals surface area (Å²) in [5.74, 6) is -0.255. The Morgan fingerprint density at radius 3 is 2.77 bits per heavy atom. The van der Waals surface area contributed by atoms with Crippen molar-refractivity contribution in [1.82, 2.24) is 15.2 Å². The molecule has 1 aromatic carbocycles. The SMILES string of the molecule is Cc1nonc1CC(=O)N1CCCC[C@H]1c1ccc(F)cc1. The second-order valence-corrected chi connectivity index (χ2v) is 5.62. The maximum absolute atomic E-state index is 13.1. The molecule has 2 aromatic rings. The van der Waals surface area contributed by atoms with Gasteiger partial charge in [0.1, 0.15) is 17.2 Å². The minimum absolute atomic E-state index is 0.00187. The standard InChI is InChI=1S/C16H18FN3O2/c1-11-14(19-22-18-11)10-16(21)20-9-3-2-4-15(20)12-5-7-13(17)8-6-12/h5-8,15H,2-4,9-10H2,1H3/t15-/m0/s1. The number of halogens is 1. The number of likely N-dealkylation sites (tertiary alicyclic amines) is 1. The molecule has 22 heavy (non-hydrogen) atoms. The molecule has 1 saturated heterocycles. The predicted molar refractivity (Wildman–Crippen MR) is 77.4 cm³/mol. The van der Waals surface area contributed by atoms with Crippen LogP contribution in [0.4, 0.5) is 4.39 Å². The van der Waals surface area contributed by atoms with Gasteiger partial charge in [-0.05, 0) is 43.9 Å². The van der Waals surface area contributed by atoms with Crippen LogP contribution in [0.3, 0.4) is 0 Å². The summed E-state index contributed by atoms with van der Waals surface area (Å²) in [6.07, 6.45) is 3.14.